The van der Waals surface area contributed by atoms with Crippen molar-refractivity contribution in [1.29, 1.82) is 0 Å². The minimum atomic E-state index is 0.629. The molecule has 6 heteroatoms. The molecule has 0 radical (unpaired) electrons. The quantitative estimate of drug-likeness (QED) is 0.175. The Morgan fingerprint density at radius 1 is 0.365 bits per heavy atom. The summed E-state index contributed by atoms with van der Waals surface area (Å²) in [6.45, 7) is 0. The molecule has 0 fully saturated rings. The molecule has 0 spiro atoms. The Kier molecular flexibility index (Phi) is 7.25. The molecule has 52 heavy (non-hydrogen) atoms. The van der Waals surface area contributed by atoms with Gasteiger partial charge in [0.2, 0.25) is 0 Å². The van der Waals surface area contributed by atoms with Gasteiger partial charge in [-0.2, -0.15) is 0 Å². The summed E-state index contributed by atoms with van der Waals surface area (Å²) >= 11 is 1.72. The maximum absolute atomic E-state index is 5.03. The molecule has 0 aliphatic heterocycles. The number of nitrogens with zero attached hydrogens (tertiary/aromatic N) is 5. The lowest BCUT2D eigenvalue weighted by atomic mass is 10.0. The highest BCUT2D eigenvalue weighted by molar-refractivity contribution is 7.21. The summed E-state index contributed by atoms with van der Waals surface area (Å²) in [5.41, 5.74) is 10.6. The molecule has 0 bridgehead atoms. The van der Waals surface area contributed by atoms with E-state index in [1.807, 2.05) is 36.4 Å². The van der Waals surface area contributed by atoms with Crippen molar-refractivity contribution in [3.05, 3.63) is 176 Å². The molecule has 3 aromatic heterocycles. The lowest BCUT2D eigenvalue weighted by molar-refractivity contribution is 1.07. The molecule has 7 aromatic carbocycles. The first kappa shape index (κ1) is 30.1. The summed E-state index contributed by atoms with van der Waals surface area (Å²) < 4.78 is 3.49. The first-order valence-electron chi connectivity index (χ1n) is 17.2. The highest BCUT2D eigenvalue weighted by atomic mass is 32.1. The van der Waals surface area contributed by atoms with Crippen LogP contribution in [0, 0.1) is 0 Å². The van der Waals surface area contributed by atoms with E-state index in [2.05, 4.69) is 144 Å². The molecular formula is C46H29N5S. The second-order valence-corrected chi connectivity index (χ2v) is 13.8. The van der Waals surface area contributed by atoms with Gasteiger partial charge in [0.1, 0.15) is 5.01 Å². The maximum Gasteiger partial charge on any atom is 0.164 e. The van der Waals surface area contributed by atoms with Crippen LogP contribution in [0.25, 0.3) is 93.6 Å². The first-order valence-corrected chi connectivity index (χ1v) is 18.0. The van der Waals surface area contributed by atoms with Gasteiger partial charge in [0.15, 0.2) is 17.5 Å². The minimum Gasteiger partial charge on any atom is -0.309 e. The van der Waals surface area contributed by atoms with Gasteiger partial charge in [0.05, 0.1) is 21.3 Å². The summed E-state index contributed by atoms with van der Waals surface area (Å²) in [4.78, 5) is 19.9. The summed E-state index contributed by atoms with van der Waals surface area (Å²) in [6, 6.07) is 61.0. The van der Waals surface area contributed by atoms with Gasteiger partial charge >= 0.3 is 0 Å². The van der Waals surface area contributed by atoms with Crippen LogP contribution in [-0.2, 0) is 0 Å². The molecule has 0 aliphatic carbocycles. The molecule has 0 saturated carbocycles. The molecule has 10 aromatic rings. The van der Waals surface area contributed by atoms with E-state index in [0.29, 0.717) is 17.5 Å². The van der Waals surface area contributed by atoms with Gasteiger partial charge in [0.25, 0.3) is 0 Å². The molecule has 0 unspecified atom stereocenters. The SMILES string of the molecule is c1ccc(-c2nc(-c3ccc(-c4ccc5sc(-c6ccccc6)nc5c4)cc3)nc(-c3ccc(-n4c5ccccc5c5ccccc54)cc3)n2)cc1. The second kappa shape index (κ2) is 12.5. The fraction of sp³-hybridized carbons (Fsp3) is 0. The van der Waals surface area contributed by atoms with Crippen molar-refractivity contribution in [2.45, 2.75) is 0 Å². The molecule has 3 heterocycles. The number of aromatic nitrogens is 5. The smallest absolute Gasteiger partial charge is 0.164 e. The molecule has 0 N–H and O–H groups in total. The zero-order chi connectivity index (χ0) is 34.4. The summed E-state index contributed by atoms with van der Waals surface area (Å²) in [5.74, 6) is 1.90. The van der Waals surface area contributed by atoms with Crippen LogP contribution in [0.1, 0.15) is 0 Å². The van der Waals surface area contributed by atoms with Crippen LogP contribution in [0.15, 0.2) is 176 Å². The van der Waals surface area contributed by atoms with E-state index in [1.54, 1.807) is 11.3 Å². The van der Waals surface area contributed by atoms with E-state index >= 15 is 0 Å². The maximum atomic E-state index is 5.03. The largest absolute Gasteiger partial charge is 0.309 e. The third-order valence-corrected chi connectivity index (χ3v) is 10.6. The summed E-state index contributed by atoms with van der Waals surface area (Å²) in [5, 5.41) is 3.51. The van der Waals surface area contributed by atoms with Crippen LogP contribution in [0.2, 0.25) is 0 Å². The molecular weight excluding hydrogens is 655 g/mol. The first-order chi connectivity index (χ1) is 25.7. The number of hydrogen-bond acceptors (Lipinski definition) is 5. The second-order valence-electron chi connectivity index (χ2n) is 12.7. The summed E-state index contributed by atoms with van der Waals surface area (Å²) in [7, 11) is 0. The van der Waals surface area contributed by atoms with Gasteiger partial charge in [-0.05, 0) is 59.7 Å². The Bertz CT molecular complexity index is 2820. The van der Waals surface area contributed by atoms with Gasteiger partial charge in [-0.3, -0.25) is 0 Å². The predicted molar refractivity (Wildman–Crippen MR) is 215 cm³/mol. The van der Waals surface area contributed by atoms with Crippen LogP contribution in [0.5, 0.6) is 0 Å². The van der Waals surface area contributed by atoms with E-state index in [-0.39, 0.29) is 0 Å². The number of para-hydroxylation sites is 2. The Morgan fingerprint density at radius 2 is 0.827 bits per heavy atom. The molecule has 0 atom stereocenters. The summed E-state index contributed by atoms with van der Waals surface area (Å²) in [6.07, 6.45) is 0. The highest BCUT2D eigenvalue weighted by Crippen LogP contribution is 2.35. The number of hydrogen-bond donors (Lipinski definition) is 0. The van der Waals surface area contributed by atoms with Gasteiger partial charge in [-0.25, -0.2) is 19.9 Å². The zero-order valence-corrected chi connectivity index (χ0v) is 28.7. The van der Waals surface area contributed by atoms with Gasteiger partial charge in [0, 0.05) is 38.7 Å². The van der Waals surface area contributed by atoms with E-state index < -0.39 is 0 Å². The van der Waals surface area contributed by atoms with Crippen LogP contribution in [0.4, 0.5) is 0 Å². The van der Waals surface area contributed by atoms with Crippen molar-refractivity contribution >= 4 is 43.4 Å². The third-order valence-electron chi connectivity index (χ3n) is 9.52. The van der Waals surface area contributed by atoms with Crippen LogP contribution in [-0.4, -0.2) is 24.5 Å². The standard InChI is InChI=1S/C46H29N5S/c1-3-11-31(12-4-1)43-48-44(32-21-19-30(20-22-32)35-25-28-42-39(29-35)47-46(52-42)34-13-5-2-6-14-34)50-45(49-43)33-23-26-36(27-24-33)51-40-17-9-7-15-37(40)38-16-8-10-18-41(38)51/h1-29H. The van der Waals surface area contributed by atoms with Gasteiger partial charge < -0.3 is 4.57 Å². The lowest BCUT2D eigenvalue weighted by Gasteiger charge is -2.11. The molecule has 10 rings (SSSR count). The third kappa shape index (κ3) is 5.34. The monoisotopic (exact) mass is 683 g/mol. The molecule has 0 amide bonds. The fourth-order valence-corrected chi connectivity index (χ4v) is 7.89. The van der Waals surface area contributed by atoms with Gasteiger partial charge in [-0.15, -0.1) is 11.3 Å². The highest BCUT2D eigenvalue weighted by Gasteiger charge is 2.15. The van der Waals surface area contributed by atoms with E-state index in [0.717, 1.165) is 49.6 Å². The normalized spacial score (nSPS) is 11.5. The fourth-order valence-electron chi connectivity index (χ4n) is 6.93. The number of rotatable bonds is 6. The Morgan fingerprint density at radius 3 is 1.42 bits per heavy atom. The van der Waals surface area contributed by atoms with Crippen molar-refractivity contribution in [1.82, 2.24) is 24.5 Å². The molecule has 5 nitrogen and oxygen atoms in total. The van der Waals surface area contributed by atoms with Crippen molar-refractivity contribution in [2.75, 3.05) is 0 Å². The average Bonchev–Trinajstić information content (AvgIpc) is 3.81. The molecule has 244 valence electrons. The number of thiazole rings is 1. The predicted octanol–water partition coefficient (Wildman–Crippen LogP) is 11.9. The van der Waals surface area contributed by atoms with Crippen LogP contribution < -0.4 is 0 Å². The van der Waals surface area contributed by atoms with Gasteiger partial charge in [-0.1, -0.05) is 127 Å². The van der Waals surface area contributed by atoms with Crippen LogP contribution in [0.3, 0.4) is 0 Å². The van der Waals surface area contributed by atoms with Crippen molar-refractivity contribution < 1.29 is 0 Å². The Balaban J connectivity index is 1.01. The van der Waals surface area contributed by atoms with E-state index in [9.17, 15) is 0 Å². The Hall–Kier alpha value is -6.76. The number of fused-ring (bicyclic) bond motifs is 4. The molecule has 0 aliphatic rings. The van der Waals surface area contributed by atoms with Crippen molar-refractivity contribution in [3.63, 3.8) is 0 Å². The van der Waals surface area contributed by atoms with Crippen molar-refractivity contribution in [3.8, 4) is 61.5 Å². The minimum absolute atomic E-state index is 0.629. The lowest BCUT2D eigenvalue weighted by Crippen LogP contribution is -2.00. The molecule has 0 saturated heterocycles. The Labute approximate surface area is 304 Å². The van der Waals surface area contributed by atoms with Crippen molar-refractivity contribution in [2.24, 2.45) is 0 Å². The topological polar surface area (TPSA) is 56.5 Å². The van der Waals surface area contributed by atoms with E-state index in [4.69, 9.17) is 19.9 Å². The average molecular weight is 684 g/mol. The van der Waals surface area contributed by atoms with E-state index in [1.165, 1.54) is 26.5 Å². The zero-order valence-electron chi connectivity index (χ0n) is 27.9. The van der Waals surface area contributed by atoms with Crippen LogP contribution >= 0.6 is 11.3 Å². The number of benzene rings is 7.